The van der Waals surface area contributed by atoms with Gasteiger partial charge in [0.2, 0.25) is 0 Å². The van der Waals surface area contributed by atoms with Crippen LogP contribution in [0.1, 0.15) is 21.6 Å². The van der Waals surface area contributed by atoms with Crippen molar-refractivity contribution in [3.8, 4) is 0 Å². The third kappa shape index (κ3) is 2.71. The first-order valence-corrected chi connectivity index (χ1v) is 6.18. The van der Waals surface area contributed by atoms with Crippen LogP contribution in [-0.2, 0) is 13.6 Å². The number of nitrogens with zero attached hydrogens (tertiary/aromatic N) is 2. The highest BCUT2D eigenvalue weighted by atomic mass is 35.5. The average Bonchev–Trinajstić information content (AvgIpc) is 2.67. The second kappa shape index (κ2) is 5.32. The zero-order valence-electron chi connectivity index (χ0n) is 10.8. The van der Waals surface area contributed by atoms with Crippen LogP contribution in [0.2, 0.25) is 5.02 Å². The van der Waals surface area contributed by atoms with E-state index in [1.54, 1.807) is 29.1 Å². The lowest BCUT2D eigenvalue weighted by molar-refractivity contribution is 0.0952. The number of anilines is 1. The molecule has 1 heterocycles. The van der Waals surface area contributed by atoms with E-state index in [1.165, 1.54) is 0 Å². The molecule has 0 aliphatic heterocycles. The zero-order valence-corrected chi connectivity index (χ0v) is 11.5. The van der Waals surface area contributed by atoms with Gasteiger partial charge >= 0.3 is 0 Å². The topological polar surface area (TPSA) is 72.9 Å². The first-order valence-electron chi connectivity index (χ1n) is 5.80. The Balaban J connectivity index is 2.12. The largest absolute Gasteiger partial charge is 0.398 e. The Morgan fingerprint density at radius 3 is 2.84 bits per heavy atom. The summed E-state index contributed by atoms with van der Waals surface area (Å²) in [5, 5.41) is 7.26. The van der Waals surface area contributed by atoms with Crippen molar-refractivity contribution in [3.63, 3.8) is 0 Å². The molecular weight excluding hydrogens is 264 g/mol. The molecule has 19 heavy (non-hydrogen) atoms. The Labute approximate surface area is 116 Å². The Kier molecular flexibility index (Phi) is 3.76. The molecule has 1 aromatic carbocycles. The molecule has 0 saturated carbocycles. The number of carbonyl (C=O) groups is 1. The van der Waals surface area contributed by atoms with Crippen LogP contribution in [0.15, 0.2) is 24.4 Å². The lowest BCUT2D eigenvalue weighted by Gasteiger charge is -2.09. The fourth-order valence-electron chi connectivity index (χ4n) is 1.76. The summed E-state index contributed by atoms with van der Waals surface area (Å²) in [5.41, 5.74) is 8.41. The van der Waals surface area contributed by atoms with Gasteiger partial charge in [0.05, 0.1) is 16.8 Å². The molecule has 100 valence electrons. The second-order valence-corrected chi connectivity index (χ2v) is 4.67. The number of aryl methyl sites for hydroxylation is 1. The highest BCUT2D eigenvalue weighted by molar-refractivity contribution is 6.34. The van der Waals surface area contributed by atoms with Crippen molar-refractivity contribution in [2.45, 2.75) is 13.5 Å². The summed E-state index contributed by atoms with van der Waals surface area (Å²) in [6, 6.07) is 5.00. The van der Waals surface area contributed by atoms with E-state index >= 15 is 0 Å². The first kappa shape index (κ1) is 13.4. The average molecular weight is 279 g/mol. The number of benzene rings is 1. The minimum absolute atomic E-state index is 0.286. The molecule has 0 radical (unpaired) electrons. The van der Waals surface area contributed by atoms with Crippen LogP contribution in [0.3, 0.4) is 0 Å². The molecule has 0 fully saturated rings. The fourth-order valence-corrected chi connectivity index (χ4v) is 2.03. The molecule has 0 saturated heterocycles. The van der Waals surface area contributed by atoms with Gasteiger partial charge in [-0.25, -0.2) is 0 Å². The molecule has 5 nitrogen and oxygen atoms in total. The molecule has 1 amide bonds. The summed E-state index contributed by atoms with van der Waals surface area (Å²) in [6.07, 6.45) is 1.73. The molecule has 0 aliphatic carbocycles. The number of hydrogen-bond acceptors (Lipinski definition) is 3. The van der Waals surface area contributed by atoms with E-state index in [0.717, 1.165) is 11.3 Å². The van der Waals surface area contributed by atoms with Crippen molar-refractivity contribution in [1.82, 2.24) is 15.1 Å². The molecule has 2 rings (SSSR count). The van der Waals surface area contributed by atoms with Crippen molar-refractivity contribution in [3.05, 3.63) is 46.2 Å². The number of aromatic nitrogens is 2. The van der Waals surface area contributed by atoms with Crippen LogP contribution in [-0.4, -0.2) is 15.7 Å². The molecule has 3 N–H and O–H groups in total. The number of rotatable bonds is 3. The number of amides is 1. The standard InChI is InChI=1S/C13H15ClN4O/c1-8-9(7-17-18(8)2)6-16-13(19)12-10(14)4-3-5-11(12)15/h3-5,7H,6,15H2,1-2H3,(H,16,19). The van der Waals surface area contributed by atoms with Crippen molar-refractivity contribution < 1.29 is 4.79 Å². The molecule has 0 unspecified atom stereocenters. The monoisotopic (exact) mass is 278 g/mol. The van der Waals surface area contributed by atoms with Gasteiger partial charge in [0.15, 0.2) is 0 Å². The highest BCUT2D eigenvalue weighted by Crippen LogP contribution is 2.21. The SMILES string of the molecule is Cc1c(CNC(=O)c2c(N)cccc2Cl)cnn1C. The van der Waals surface area contributed by atoms with Gasteiger partial charge in [0, 0.05) is 30.5 Å². The summed E-state index contributed by atoms with van der Waals surface area (Å²) < 4.78 is 1.76. The van der Waals surface area contributed by atoms with Gasteiger partial charge in [-0.05, 0) is 19.1 Å². The molecule has 0 spiro atoms. The van der Waals surface area contributed by atoms with Crippen molar-refractivity contribution in [2.24, 2.45) is 7.05 Å². The Hall–Kier alpha value is -2.01. The maximum absolute atomic E-state index is 12.1. The van der Waals surface area contributed by atoms with E-state index < -0.39 is 0 Å². The van der Waals surface area contributed by atoms with Crippen molar-refractivity contribution in [1.29, 1.82) is 0 Å². The minimum atomic E-state index is -0.286. The third-order valence-corrected chi connectivity index (χ3v) is 3.36. The van der Waals surface area contributed by atoms with Gasteiger partial charge in [-0.1, -0.05) is 17.7 Å². The van der Waals surface area contributed by atoms with E-state index in [1.807, 2.05) is 14.0 Å². The van der Waals surface area contributed by atoms with Gasteiger partial charge < -0.3 is 11.1 Å². The van der Waals surface area contributed by atoms with Crippen LogP contribution < -0.4 is 11.1 Å². The predicted molar refractivity (Wildman–Crippen MR) is 75.0 cm³/mol. The van der Waals surface area contributed by atoms with Gasteiger partial charge in [0.1, 0.15) is 0 Å². The lowest BCUT2D eigenvalue weighted by atomic mass is 10.1. The molecule has 0 bridgehead atoms. The smallest absolute Gasteiger partial charge is 0.255 e. The maximum atomic E-state index is 12.1. The Bertz CT molecular complexity index is 601. The molecule has 0 aliphatic rings. The Morgan fingerprint density at radius 2 is 2.26 bits per heavy atom. The van der Waals surface area contributed by atoms with Crippen molar-refractivity contribution >= 4 is 23.2 Å². The lowest BCUT2D eigenvalue weighted by Crippen LogP contribution is -2.24. The predicted octanol–water partition coefficient (Wildman–Crippen LogP) is 1.89. The van der Waals surface area contributed by atoms with Crippen LogP contribution in [0.5, 0.6) is 0 Å². The van der Waals surface area contributed by atoms with Crippen LogP contribution in [0, 0.1) is 6.92 Å². The summed E-state index contributed by atoms with van der Waals surface area (Å²) in [6.45, 7) is 2.33. The highest BCUT2D eigenvalue weighted by Gasteiger charge is 2.14. The van der Waals surface area contributed by atoms with E-state index in [-0.39, 0.29) is 5.91 Å². The number of nitrogens with two attached hydrogens (primary N) is 1. The van der Waals surface area contributed by atoms with Crippen molar-refractivity contribution in [2.75, 3.05) is 5.73 Å². The van der Waals surface area contributed by atoms with Crippen LogP contribution in [0.4, 0.5) is 5.69 Å². The van der Waals surface area contributed by atoms with E-state index in [4.69, 9.17) is 17.3 Å². The summed E-state index contributed by atoms with van der Waals surface area (Å²) in [7, 11) is 1.85. The quantitative estimate of drug-likeness (QED) is 0.842. The fraction of sp³-hybridized carbons (Fsp3) is 0.231. The van der Waals surface area contributed by atoms with E-state index in [2.05, 4.69) is 10.4 Å². The van der Waals surface area contributed by atoms with Gasteiger partial charge in [0.25, 0.3) is 5.91 Å². The summed E-state index contributed by atoms with van der Waals surface area (Å²) in [5.74, 6) is -0.286. The molecule has 0 atom stereocenters. The molecule has 2 aromatic rings. The maximum Gasteiger partial charge on any atom is 0.255 e. The first-order chi connectivity index (χ1) is 9.00. The van der Waals surface area contributed by atoms with E-state index in [0.29, 0.717) is 22.8 Å². The Morgan fingerprint density at radius 1 is 1.53 bits per heavy atom. The van der Waals surface area contributed by atoms with Gasteiger partial charge in [-0.15, -0.1) is 0 Å². The molecule has 6 heteroatoms. The normalized spacial score (nSPS) is 10.5. The zero-order chi connectivity index (χ0) is 14.0. The second-order valence-electron chi connectivity index (χ2n) is 4.27. The minimum Gasteiger partial charge on any atom is -0.398 e. The number of hydrogen-bond donors (Lipinski definition) is 2. The number of carbonyl (C=O) groups excluding carboxylic acids is 1. The van der Waals surface area contributed by atoms with E-state index in [9.17, 15) is 4.79 Å². The number of nitrogen functional groups attached to an aromatic ring is 1. The summed E-state index contributed by atoms with van der Waals surface area (Å²) >= 11 is 5.98. The van der Waals surface area contributed by atoms with Gasteiger partial charge in [-0.3, -0.25) is 9.48 Å². The number of halogens is 1. The number of nitrogens with one attached hydrogen (secondary N) is 1. The molecule has 1 aromatic heterocycles. The molecular formula is C13H15ClN4O. The van der Waals surface area contributed by atoms with Crippen LogP contribution >= 0.6 is 11.6 Å². The van der Waals surface area contributed by atoms with Crippen LogP contribution in [0.25, 0.3) is 0 Å². The van der Waals surface area contributed by atoms with Gasteiger partial charge in [-0.2, -0.15) is 5.10 Å². The summed E-state index contributed by atoms with van der Waals surface area (Å²) in [4.78, 5) is 12.1. The third-order valence-electron chi connectivity index (χ3n) is 3.05.